The molecular weight excluding hydrogens is 440 g/mol. The first-order chi connectivity index (χ1) is 15.2. The first kappa shape index (κ1) is 24.8. The standard InChI is InChI=1S/C22H25ClN2O7/c1-4-30-16-7-5-14(6-8-16)11-25(2)20(27)13-32-22(28)15-9-17(23)21(18(10-15)29-3)31-12-19(24)26/h5-10H,4,11-13H2,1-3H3,(H2,24,26). The van der Waals surface area contributed by atoms with E-state index in [1.54, 1.807) is 7.05 Å². The largest absolute Gasteiger partial charge is 0.494 e. The third kappa shape index (κ3) is 7.05. The van der Waals surface area contributed by atoms with E-state index in [4.69, 9.17) is 36.3 Å². The zero-order valence-electron chi connectivity index (χ0n) is 18.1. The van der Waals surface area contributed by atoms with E-state index in [-0.39, 0.29) is 28.0 Å². The summed E-state index contributed by atoms with van der Waals surface area (Å²) in [6.07, 6.45) is 0. The van der Waals surface area contributed by atoms with Crippen molar-refractivity contribution in [2.45, 2.75) is 13.5 Å². The molecule has 2 N–H and O–H groups in total. The lowest BCUT2D eigenvalue weighted by Gasteiger charge is -2.18. The summed E-state index contributed by atoms with van der Waals surface area (Å²) in [7, 11) is 2.95. The Morgan fingerprint density at radius 1 is 1.06 bits per heavy atom. The Hall–Kier alpha value is -3.46. The van der Waals surface area contributed by atoms with Gasteiger partial charge in [0.25, 0.3) is 11.8 Å². The fourth-order valence-corrected chi connectivity index (χ4v) is 2.93. The quantitative estimate of drug-likeness (QED) is 0.507. The van der Waals surface area contributed by atoms with E-state index >= 15 is 0 Å². The second-order valence-corrected chi connectivity index (χ2v) is 7.05. The Morgan fingerprint density at radius 3 is 2.34 bits per heavy atom. The highest BCUT2D eigenvalue weighted by atomic mass is 35.5. The lowest BCUT2D eigenvalue weighted by molar-refractivity contribution is -0.133. The van der Waals surface area contributed by atoms with Gasteiger partial charge in [0, 0.05) is 13.6 Å². The summed E-state index contributed by atoms with van der Waals surface area (Å²) in [5.74, 6) is -0.916. The molecule has 172 valence electrons. The zero-order valence-corrected chi connectivity index (χ0v) is 18.8. The van der Waals surface area contributed by atoms with Crippen LogP contribution < -0.4 is 19.9 Å². The van der Waals surface area contributed by atoms with Crippen molar-refractivity contribution in [1.29, 1.82) is 0 Å². The number of nitrogens with two attached hydrogens (primary N) is 1. The van der Waals surface area contributed by atoms with Gasteiger partial charge in [-0.05, 0) is 36.8 Å². The monoisotopic (exact) mass is 464 g/mol. The number of primary amides is 1. The van der Waals surface area contributed by atoms with Crippen LogP contribution in [0.2, 0.25) is 5.02 Å². The number of hydrogen-bond donors (Lipinski definition) is 1. The highest BCUT2D eigenvalue weighted by molar-refractivity contribution is 6.32. The summed E-state index contributed by atoms with van der Waals surface area (Å²) in [6.45, 7) is 1.96. The minimum atomic E-state index is -0.769. The van der Waals surface area contributed by atoms with Gasteiger partial charge in [-0.2, -0.15) is 0 Å². The van der Waals surface area contributed by atoms with E-state index in [2.05, 4.69) is 0 Å². The fraction of sp³-hybridized carbons (Fsp3) is 0.318. The molecule has 0 spiro atoms. The highest BCUT2D eigenvalue weighted by Crippen LogP contribution is 2.36. The van der Waals surface area contributed by atoms with Crippen molar-refractivity contribution in [2.24, 2.45) is 5.73 Å². The molecule has 0 aliphatic carbocycles. The van der Waals surface area contributed by atoms with Crippen LogP contribution in [0, 0.1) is 0 Å². The number of carbonyl (C=O) groups is 3. The Bertz CT molecular complexity index is 963. The van der Waals surface area contributed by atoms with Crippen LogP contribution in [0.5, 0.6) is 17.2 Å². The van der Waals surface area contributed by atoms with Crippen molar-refractivity contribution >= 4 is 29.4 Å². The maximum absolute atomic E-state index is 12.4. The molecule has 32 heavy (non-hydrogen) atoms. The van der Waals surface area contributed by atoms with Crippen LogP contribution >= 0.6 is 11.6 Å². The smallest absolute Gasteiger partial charge is 0.338 e. The summed E-state index contributed by atoms with van der Waals surface area (Å²) in [5.41, 5.74) is 6.01. The molecule has 2 aromatic rings. The Balaban J connectivity index is 1.96. The third-order valence-corrected chi connectivity index (χ3v) is 4.51. The highest BCUT2D eigenvalue weighted by Gasteiger charge is 2.19. The molecular formula is C22H25ClN2O7. The van der Waals surface area contributed by atoms with E-state index in [9.17, 15) is 14.4 Å². The van der Waals surface area contributed by atoms with Gasteiger partial charge in [-0.15, -0.1) is 0 Å². The van der Waals surface area contributed by atoms with Gasteiger partial charge in [0.05, 0.1) is 24.3 Å². The van der Waals surface area contributed by atoms with E-state index in [1.807, 2.05) is 31.2 Å². The Labute approximate surface area is 190 Å². The topological polar surface area (TPSA) is 117 Å². The SMILES string of the molecule is CCOc1ccc(CN(C)C(=O)COC(=O)c2cc(Cl)c(OCC(N)=O)c(OC)c2)cc1. The van der Waals surface area contributed by atoms with Gasteiger partial charge in [0.1, 0.15) is 5.75 Å². The summed E-state index contributed by atoms with van der Waals surface area (Å²) in [5, 5.41) is 0.0245. The lowest BCUT2D eigenvalue weighted by Crippen LogP contribution is -2.30. The van der Waals surface area contributed by atoms with Crippen LogP contribution in [0.1, 0.15) is 22.8 Å². The van der Waals surface area contributed by atoms with Gasteiger partial charge in [-0.25, -0.2) is 4.79 Å². The molecule has 0 aliphatic rings. The molecule has 2 amide bonds. The predicted molar refractivity (Wildman–Crippen MR) is 117 cm³/mol. The number of rotatable bonds is 11. The van der Waals surface area contributed by atoms with E-state index in [1.165, 1.54) is 24.1 Å². The maximum Gasteiger partial charge on any atom is 0.338 e. The van der Waals surface area contributed by atoms with Crippen molar-refractivity contribution < 1.29 is 33.3 Å². The van der Waals surface area contributed by atoms with Crippen molar-refractivity contribution in [2.75, 3.05) is 34.0 Å². The molecule has 0 heterocycles. The minimum absolute atomic E-state index is 0.0245. The normalized spacial score (nSPS) is 10.2. The molecule has 2 rings (SSSR count). The maximum atomic E-state index is 12.4. The molecule has 0 aliphatic heterocycles. The van der Waals surface area contributed by atoms with Gasteiger partial charge in [0.2, 0.25) is 0 Å². The molecule has 0 bridgehead atoms. The van der Waals surface area contributed by atoms with Gasteiger partial charge in [-0.3, -0.25) is 9.59 Å². The van der Waals surface area contributed by atoms with Crippen molar-refractivity contribution in [3.05, 3.63) is 52.5 Å². The molecule has 2 aromatic carbocycles. The van der Waals surface area contributed by atoms with Crippen LogP contribution in [0.15, 0.2) is 36.4 Å². The van der Waals surface area contributed by atoms with Crippen molar-refractivity contribution in [3.8, 4) is 17.2 Å². The number of esters is 1. The molecule has 0 saturated carbocycles. The fourth-order valence-electron chi connectivity index (χ4n) is 2.66. The Kier molecular flexibility index (Phi) is 9.15. The average molecular weight is 465 g/mol. The number of carbonyl (C=O) groups excluding carboxylic acids is 3. The third-order valence-electron chi connectivity index (χ3n) is 4.23. The van der Waals surface area contributed by atoms with E-state index < -0.39 is 25.1 Å². The van der Waals surface area contributed by atoms with Crippen LogP contribution in [-0.4, -0.2) is 56.7 Å². The molecule has 0 saturated heterocycles. The van der Waals surface area contributed by atoms with Crippen LogP contribution in [-0.2, 0) is 20.9 Å². The Morgan fingerprint density at radius 2 is 1.75 bits per heavy atom. The van der Waals surface area contributed by atoms with Gasteiger partial charge >= 0.3 is 5.97 Å². The average Bonchev–Trinajstić information content (AvgIpc) is 2.77. The van der Waals surface area contributed by atoms with Gasteiger partial charge in [-0.1, -0.05) is 23.7 Å². The molecule has 0 atom stereocenters. The number of ether oxygens (including phenoxy) is 4. The van der Waals surface area contributed by atoms with E-state index in [0.29, 0.717) is 13.2 Å². The van der Waals surface area contributed by atoms with Gasteiger partial charge in [0.15, 0.2) is 24.7 Å². The van der Waals surface area contributed by atoms with Crippen molar-refractivity contribution in [1.82, 2.24) is 4.90 Å². The second kappa shape index (κ2) is 11.8. The van der Waals surface area contributed by atoms with Crippen LogP contribution in [0.3, 0.4) is 0 Å². The van der Waals surface area contributed by atoms with Crippen LogP contribution in [0.25, 0.3) is 0 Å². The number of amides is 2. The zero-order chi connectivity index (χ0) is 23.7. The molecule has 0 radical (unpaired) electrons. The van der Waals surface area contributed by atoms with Crippen LogP contribution in [0.4, 0.5) is 0 Å². The van der Waals surface area contributed by atoms with Gasteiger partial charge < -0.3 is 29.6 Å². The summed E-state index contributed by atoms with van der Waals surface area (Å²) in [4.78, 5) is 37.1. The summed E-state index contributed by atoms with van der Waals surface area (Å²) in [6, 6.07) is 9.99. The van der Waals surface area contributed by atoms with E-state index in [0.717, 1.165) is 11.3 Å². The summed E-state index contributed by atoms with van der Waals surface area (Å²) < 4.78 is 20.9. The summed E-state index contributed by atoms with van der Waals surface area (Å²) >= 11 is 6.13. The molecule has 10 heteroatoms. The predicted octanol–water partition coefficient (Wildman–Crippen LogP) is 2.43. The molecule has 0 fully saturated rings. The molecule has 9 nitrogen and oxygen atoms in total. The second-order valence-electron chi connectivity index (χ2n) is 6.65. The number of hydrogen-bond acceptors (Lipinski definition) is 7. The number of likely N-dealkylation sites (N-methyl/N-ethyl adjacent to an activating group) is 1. The lowest BCUT2D eigenvalue weighted by atomic mass is 10.2. The number of halogens is 1. The molecule has 0 unspecified atom stereocenters. The van der Waals surface area contributed by atoms with Crippen molar-refractivity contribution in [3.63, 3.8) is 0 Å². The first-order valence-electron chi connectivity index (χ1n) is 9.66. The minimum Gasteiger partial charge on any atom is -0.494 e. The number of nitrogens with zero attached hydrogens (tertiary/aromatic N) is 1. The number of benzene rings is 2. The first-order valence-corrected chi connectivity index (χ1v) is 10.0. The molecule has 0 aromatic heterocycles. The number of methoxy groups -OCH3 is 1.